The van der Waals surface area contributed by atoms with E-state index in [0.29, 0.717) is 18.1 Å². The quantitative estimate of drug-likeness (QED) is 0.327. The zero-order valence-corrected chi connectivity index (χ0v) is 11.9. The van der Waals surface area contributed by atoms with E-state index in [-0.39, 0.29) is 0 Å². The van der Waals surface area contributed by atoms with E-state index in [9.17, 15) is 0 Å². The van der Waals surface area contributed by atoms with E-state index in [4.69, 9.17) is 15.9 Å². The van der Waals surface area contributed by atoms with Crippen LogP contribution in [0, 0.1) is 12.3 Å². The van der Waals surface area contributed by atoms with Gasteiger partial charge in [-0.25, -0.2) is 0 Å². The first-order valence-corrected chi connectivity index (χ1v) is 6.41. The van der Waals surface area contributed by atoms with Crippen molar-refractivity contribution < 1.29 is 9.47 Å². The Labute approximate surface area is 120 Å². The first-order chi connectivity index (χ1) is 9.80. The molecule has 0 aliphatic rings. The van der Waals surface area contributed by atoms with Gasteiger partial charge in [-0.15, -0.1) is 6.42 Å². The van der Waals surface area contributed by atoms with E-state index in [1.54, 1.807) is 18.5 Å². The van der Waals surface area contributed by atoms with Gasteiger partial charge in [-0.1, -0.05) is 37.3 Å². The lowest BCUT2D eigenvalue weighted by atomic mass is 10.2. The van der Waals surface area contributed by atoms with Crippen molar-refractivity contribution in [1.29, 1.82) is 0 Å². The van der Waals surface area contributed by atoms with Crippen LogP contribution in [0.4, 0.5) is 0 Å². The highest BCUT2D eigenvalue weighted by atomic mass is 16.5. The summed E-state index contributed by atoms with van der Waals surface area (Å²) in [5.41, 5.74) is 1.07. The van der Waals surface area contributed by atoms with Crippen molar-refractivity contribution in [3.05, 3.63) is 59.7 Å². The van der Waals surface area contributed by atoms with Crippen LogP contribution < -0.4 is 0 Å². The highest BCUT2D eigenvalue weighted by Crippen LogP contribution is 2.10. The van der Waals surface area contributed by atoms with Gasteiger partial charge in [0.05, 0.1) is 13.3 Å². The second kappa shape index (κ2) is 9.46. The third kappa shape index (κ3) is 5.92. The molecule has 0 atom stereocenters. The van der Waals surface area contributed by atoms with Gasteiger partial charge in [-0.05, 0) is 17.9 Å². The number of allylic oxidation sites excluding steroid dienone is 2. The van der Waals surface area contributed by atoms with Crippen LogP contribution in [0.5, 0.6) is 0 Å². The SMILES string of the molecule is C#C/C(=C/C(=C\N=CCC)OCc1ccccc1)OC. The van der Waals surface area contributed by atoms with Crippen LogP contribution >= 0.6 is 0 Å². The van der Waals surface area contributed by atoms with Crippen LogP contribution in [-0.4, -0.2) is 13.3 Å². The summed E-state index contributed by atoms with van der Waals surface area (Å²) in [4.78, 5) is 4.14. The first kappa shape index (κ1) is 15.6. The molecule has 20 heavy (non-hydrogen) atoms. The molecule has 1 aromatic carbocycles. The first-order valence-electron chi connectivity index (χ1n) is 6.41. The topological polar surface area (TPSA) is 30.8 Å². The monoisotopic (exact) mass is 269 g/mol. The maximum absolute atomic E-state index is 5.70. The van der Waals surface area contributed by atoms with Crippen LogP contribution in [0.25, 0.3) is 0 Å². The molecular formula is C17H19NO2. The van der Waals surface area contributed by atoms with Gasteiger partial charge in [0.25, 0.3) is 0 Å². The molecule has 104 valence electrons. The lowest BCUT2D eigenvalue weighted by molar-refractivity contribution is 0.207. The number of hydrogen-bond acceptors (Lipinski definition) is 3. The molecule has 1 aromatic rings. The van der Waals surface area contributed by atoms with Gasteiger partial charge in [0, 0.05) is 12.3 Å². The van der Waals surface area contributed by atoms with Gasteiger partial charge < -0.3 is 9.47 Å². The molecule has 0 bridgehead atoms. The van der Waals surface area contributed by atoms with E-state index in [1.165, 1.54) is 7.11 Å². The summed E-state index contributed by atoms with van der Waals surface area (Å²) in [5, 5.41) is 0. The molecular weight excluding hydrogens is 250 g/mol. The molecule has 0 heterocycles. The summed E-state index contributed by atoms with van der Waals surface area (Å²) in [7, 11) is 1.52. The van der Waals surface area contributed by atoms with Crippen LogP contribution in [0.3, 0.4) is 0 Å². The number of hydrogen-bond donors (Lipinski definition) is 0. The minimum absolute atomic E-state index is 0.399. The highest BCUT2D eigenvalue weighted by Gasteiger charge is 1.99. The third-order valence-electron chi connectivity index (χ3n) is 2.37. The Morgan fingerprint density at radius 3 is 2.70 bits per heavy atom. The van der Waals surface area contributed by atoms with Crippen LogP contribution in [0.15, 0.2) is 59.1 Å². The summed E-state index contributed by atoms with van der Waals surface area (Å²) >= 11 is 0. The molecule has 0 saturated carbocycles. The maximum Gasteiger partial charge on any atom is 0.173 e. The Morgan fingerprint density at radius 2 is 2.10 bits per heavy atom. The van der Waals surface area contributed by atoms with E-state index >= 15 is 0 Å². The number of benzene rings is 1. The molecule has 3 heteroatoms. The zero-order chi connectivity index (χ0) is 14.6. The van der Waals surface area contributed by atoms with Crippen molar-refractivity contribution >= 4 is 6.21 Å². The molecule has 0 N–H and O–H groups in total. The Balaban J connectivity index is 2.78. The number of ether oxygens (including phenoxy) is 2. The molecule has 0 radical (unpaired) electrons. The molecule has 0 aliphatic carbocycles. The molecule has 1 rings (SSSR count). The number of nitrogens with zero attached hydrogens (tertiary/aromatic N) is 1. The fourth-order valence-electron chi connectivity index (χ4n) is 1.38. The van der Waals surface area contributed by atoms with Crippen LogP contribution in [-0.2, 0) is 16.1 Å². The van der Waals surface area contributed by atoms with Gasteiger partial charge in [0.2, 0.25) is 0 Å². The van der Waals surface area contributed by atoms with E-state index in [1.807, 2.05) is 37.3 Å². The minimum atomic E-state index is 0.399. The van der Waals surface area contributed by atoms with Crippen molar-refractivity contribution in [1.82, 2.24) is 0 Å². The summed E-state index contributed by atoms with van der Waals surface area (Å²) in [6.45, 7) is 2.46. The fraction of sp³-hybridized carbons (Fsp3) is 0.235. The maximum atomic E-state index is 5.70. The van der Waals surface area contributed by atoms with Gasteiger partial charge in [-0.2, -0.15) is 0 Å². The van der Waals surface area contributed by atoms with Crippen molar-refractivity contribution in [3.8, 4) is 12.3 Å². The standard InChI is InChI=1S/C17H19NO2/c1-4-11-18-13-17(12-16(5-2)19-3)20-14-15-9-7-6-8-10-15/h2,6-13H,4,14H2,1,3H3/b16-12-,17-13+,18-11?. The summed E-state index contributed by atoms with van der Waals surface area (Å²) in [6.07, 6.45) is 11.3. The Kier molecular flexibility index (Phi) is 7.37. The molecule has 0 spiro atoms. The summed E-state index contributed by atoms with van der Waals surface area (Å²) in [6, 6.07) is 9.89. The molecule has 0 fully saturated rings. The average Bonchev–Trinajstić information content (AvgIpc) is 2.50. The average molecular weight is 269 g/mol. The van der Waals surface area contributed by atoms with E-state index in [0.717, 1.165) is 12.0 Å². The molecule has 0 amide bonds. The molecule has 0 saturated heterocycles. The Morgan fingerprint density at radius 1 is 1.35 bits per heavy atom. The molecule has 0 aromatic heterocycles. The van der Waals surface area contributed by atoms with Crippen molar-refractivity contribution in [2.75, 3.05) is 7.11 Å². The molecule has 0 aliphatic heterocycles. The second-order valence-corrected chi connectivity index (χ2v) is 3.90. The predicted molar refractivity (Wildman–Crippen MR) is 82.0 cm³/mol. The summed E-state index contributed by atoms with van der Waals surface area (Å²) in [5.74, 6) is 3.40. The van der Waals surface area contributed by atoms with Gasteiger partial charge in [0.1, 0.15) is 12.4 Å². The largest absolute Gasteiger partial charge is 0.488 e. The van der Waals surface area contributed by atoms with Gasteiger partial charge in [0.15, 0.2) is 5.76 Å². The molecule has 0 unspecified atom stereocenters. The fourth-order valence-corrected chi connectivity index (χ4v) is 1.38. The van der Waals surface area contributed by atoms with E-state index in [2.05, 4.69) is 10.9 Å². The van der Waals surface area contributed by atoms with Gasteiger partial charge >= 0.3 is 0 Å². The van der Waals surface area contributed by atoms with Gasteiger partial charge in [-0.3, -0.25) is 4.99 Å². The predicted octanol–water partition coefficient (Wildman–Crippen LogP) is 3.69. The smallest absolute Gasteiger partial charge is 0.173 e. The Bertz CT molecular complexity index is 522. The van der Waals surface area contributed by atoms with Crippen LogP contribution in [0.2, 0.25) is 0 Å². The second-order valence-electron chi connectivity index (χ2n) is 3.90. The van der Waals surface area contributed by atoms with Crippen molar-refractivity contribution in [2.24, 2.45) is 4.99 Å². The lowest BCUT2D eigenvalue weighted by Gasteiger charge is -2.07. The zero-order valence-electron chi connectivity index (χ0n) is 11.9. The number of terminal acetylenes is 1. The Hall–Kier alpha value is -2.47. The number of methoxy groups -OCH3 is 1. The lowest BCUT2D eigenvalue weighted by Crippen LogP contribution is -1.94. The van der Waals surface area contributed by atoms with E-state index < -0.39 is 0 Å². The number of aliphatic imine (C=N–C) groups is 1. The molecule has 3 nitrogen and oxygen atoms in total. The van der Waals surface area contributed by atoms with Crippen LogP contribution in [0.1, 0.15) is 18.9 Å². The van der Waals surface area contributed by atoms with Crippen molar-refractivity contribution in [2.45, 2.75) is 20.0 Å². The highest BCUT2D eigenvalue weighted by molar-refractivity contribution is 5.57. The third-order valence-corrected chi connectivity index (χ3v) is 2.37. The summed E-state index contributed by atoms with van der Waals surface area (Å²) < 4.78 is 10.7. The normalized spacial score (nSPS) is 12.2. The number of rotatable bonds is 7. The van der Waals surface area contributed by atoms with Crippen molar-refractivity contribution in [3.63, 3.8) is 0 Å². The minimum Gasteiger partial charge on any atom is -0.488 e.